The van der Waals surface area contributed by atoms with E-state index in [1.54, 1.807) is 0 Å². The minimum Gasteiger partial charge on any atom is -0.493 e. The number of fused-ring (bicyclic) bond motifs is 1. The van der Waals surface area contributed by atoms with Gasteiger partial charge in [-0.1, -0.05) is 11.2 Å². The molecule has 0 heterocycles. The summed E-state index contributed by atoms with van der Waals surface area (Å²) in [6, 6.07) is 5.79. The molecule has 0 saturated carbocycles. The zero-order valence-electron chi connectivity index (χ0n) is 11.7. The molecule has 1 aliphatic rings. The lowest BCUT2D eigenvalue weighted by Gasteiger charge is -2.17. The Balaban J connectivity index is 1.98. The molecule has 2 N–H and O–H groups in total. The first-order valence-electron chi connectivity index (χ1n) is 6.98. The molecule has 2 rings (SSSR count). The predicted molar refractivity (Wildman–Crippen MR) is 76.5 cm³/mol. The Morgan fingerprint density at radius 3 is 3.05 bits per heavy atom. The van der Waals surface area contributed by atoms with E-state index >= 15 is 0 Å². The molecule has 1 amide bonds. The Kier molecular flexibility index (Phi) is 4.98. The van der Waals surface area contributed by atoms with Crippen LogP contribution in [0.15, 0.2) is 23.4 Å². The fourth-order valence-corrected chi connectivity index (χ4v) is 2.36. The highest BCUT2D eigenvalue weighted by Crippen LogP contribution is 2.26. The van der Waals surface area contributed by atoms with Crippen molar-refractivity contribution in [2.45, 2.75) is 32.6 Å². The molecule has 0 radical (unpaired) electrons. The van der Waals surface area contributed by atoms with E-state index in [0.29, 0.717) is 31.0 Å². The molecule has 20 heavy (non-hydrogen) atoms. The number of aryl methyl sites for hydroxylation is 1. The summed E-state index contributed by atoms with van der Waals surface area (Å²) in [6.07, 6.45) is 3.12. The van der Waals surface area contributed by atoms with E-state index in [2.05, 4.69) is 10.5 Å². The molecule has 108 valence electrons. The summed E-state index contributed by atoms with van der Waals surface area (Å²) < 4.78 is 5.58. The topological polar surface area (TPSA) is 70.9 Å². The highest BCUT2D eigenvalue weighted by Gasteiger charge is 2.16. The lowest BCUT2D eigenvalue weighted by Crippen LogP contribution is -2.24. The maximum absolute atomic E-state index is 11.3. The number of benzene rings is 1. The van der Waals surface area contributed by atoms with Gasteiger partial charge in [0.1, 0.15) is 5.75 Å². The van der Waals surface area contributed by atoms with Crippen molar-refractivity contribution in [3.63, 3.8) is 0 Å². The number of carbonyl (C=O) groups excluding carboxylic acids is 1. The third-order valence-electron chi connectivity index (χ3n) is 3.34. The molecule has 0 aliphatic heterocycles. The summed E-state index contributed by atoms with van der Waals surface area (Å²) >= 11 is 0. The summed E-state index contributed by atoms with van der Waals surface area (Å²) in [5.41, 5.74) is 2.84. The molecule has 5 nitrogen and oxygen atoms in total. The van der Waals surface area contributed by atoms with Gasteiger partial charge in [-0.05, 0) is 43.9 Å². The van der Waals surface area contributed by atoms with Gasteiger partial charge in [-0.25, -0.2) is 0 Å². The van der Waals surface area contributed by atoms with E-state index in [1.165, 1.54) is 5.56 Å². The summed E-state index contributed by atoms with van der Waals surface area (Å²) in [5, 5.41) is 15.1. The number of hydrogen-bond donors (Lipinski definition) is 2. The van der Waals surface area contributed by atoms with Crippen molar-refractivity contribution in [3.05, 3.63) is 29.3 Å². The highest BCUT2D eigenvalue weighted by molar-refractivity contribution is 6.02. The number of oxime groups is 1. The minimum atomic E-state index is -0.0110. The molecule has 0 bridgehead atoms. The second-order valence-corrected chi connectivity index (χ2v) is 4.77. The molecule has 0 saturated heterocycles. The smallest absolute Gasteiger partial charge is 0.223 e. The van der Waals surface area contributed by atoms with Crippen molar-refractivity contribution in [3.8, 4) is 5.75 Å². The van der Waals surface area contributed by atoms with E-state index in [1.807, 2.05) is 25.1 Å². The fraction of sp³-hybridized carbons (Fsp3) is 0.467. The van der Waals surface area contributed by atoms with Crippen LogP contribution >= 0.6 is 0 Å². The van der Waals surface area contributed by atoms with Gasteiger partial charge in [0.2, 0.25) is 5.91 Å². The van der Waals surface area contributed by atoms with Crippen LogP contribution in [0.25, 0.3) is 0 Å². The van der Waals surface area contributed by atoms with E-state index < -0.39 is 0 Å². The molecule has 5 heteroatoms. The SMILES string of the molecule is CCNC(=O)CCOc1ccc2c(c1)/C(=N\O)CCC2. The number of amides is 1. The molecule has 0 atom stereocenters. The minimum absolute atomic E-state index is 0.0110. The van der Waals surface area contributed by atoms with Crippen LogP contribution in [-0.4, -0.2) is 30.0 Å². The monoisotopic (exact) mass is 276 g/mol. The number of hydrogen-bond acceptors (Lipinski definition) is 4. The standard InChI is InChI=1S/C15H20N2O3/c1-2-16-15(18)8-9-20-12-7-6-11-4-3-5-14(17-19)13(11)10-12/h6-7,10,19H,2-5,8-9H2,1H3,(H,16,18)/b17-14-. The number of nitrogens with zero attached hydrogens (tertiary/aromatic N) is 1. The van der Waals surface area contributed by atoms with E-state index in [4.69, 9.17) is 9.94 Å². The van der Waals surface area contributed by atoms with Crippen molar-refractivity contribution < 1.29 is 14.7 Å². The van der Waals surface area contributed by atoms with Crippen LogP contribution in [0.4, 0.5) is 0 Å². The van der Waals surface area contributed by atoms with Gasteiger partial charge in [0.05, 0.1) is 18.7 Å². The van der Waals surface area contributed by atoms with Gasteiger partial charge >= 0.3 is 0 Å². The lowest BCUT2D eigenvalue weighted by atomic mass is 9.90. The van der Waals surface area contributed by atoms with Crippen molar-refractivity contribution in [1.29, 1.82) is 0 Å². The van der Waals surface area contributed by atoms with Crippen LogP contribution in [0.1, 0.15) is 37.3 Å². The third-order valence-corrected chi connectivity index (χ3v) is 3.34. The maximum Gasteiger partial charge on any atom is 0.223 e. The molecule has 0 fully saturated rings. The molecule has 1 aromatic rings. The van der Waals surface area contributed by atoms with Crippen LogP contribution in [0.5, 0.6) is 5.75 Å². The molecule has 0 aromatic heterocycles. The summed E-state index contributed by atoms with van der Waals surface area (Å²) in [4.78, 5) is 11.3. The number of nitrogens with one attached hydrogen (secondary N) is 1. The van der Waals surface area contributed by atoms with Gasteiger partial charge in [0.25, 0.3) is 0 Å². The van der Waals surface area contributed by atoms with Gasteiger partial charge in [0, 0.05) is 12.1 Å². The predicted octanol–water partition coefficient (Wildman–Crippen LogP) is 2.11. The quantitative estimate of drug-likeness (QED) is 0.639. The number of rotatable bonds is 5. The van der Waals surface area contributed by atoms with Crippen LogP contribution < -0.4 is 10.1 Å². The van der Waals surface area contributed by atoms with Crippen molar-refractivity contribution in [2.24, 2.45) is 5.16 Å². The maximum atomic E-state index is 11.3. The average molecular weight is 276 g/mol. The van der Waals surface area contributed by atoms with Gasteiger partial charge in [0.15, 0.2) is 0 Å². The van der Waals surface area contributed by atoms with Crippen LogP contribution in [-0.2, 0) is 11.2 Å². The molecule has 1 aliphatic carbocycles. The van der Waals surface area contributed by atoms with E-state index in [9.17, 15) is 4.79 Å². The van der Waals surface area contributed by atoms with Gasteiger partial charge in [-0.15, -0.1) is 0 Å². The Morgan fingerprint density at radius 2 is 2.30 bits per heavy atom. The van der Waals surface area contributed by atoms with Gasteiger partial charge in [-0.3, -0.25) is 4.79 Å². The van der Waals surface area contributed by atoms with Crippen molar-refractivity contribution in [2.75, 3.05) is 13.2 Å². The van der Waals surface area contributed by atoms with Crippen molar-refractivity contribution >= 4 is 11.6 Å². The Morgan fingerprint density at radius 1 is 1.45 bits per heavy atom. The second kappa shape index (κ2) is 6.93. The largest absolute Gasteiger partial charge is 0.493 e. The first-order chi connectivity index (χ1) is 9.74. The van der Waals surface area contributed by atoms with Crippen LogP contribution in [0, 0.1) is 0 Å². The van der Waals surface area contributed by atoms with Gasteiger partial charge in [-0.2, -0.15) is 0 Å². The fourth-order valence-electron chi connectivity index (χ4n) is 2.36. The van der Waals surface area contributed by atoms with Crippen LogP contribution in [0.3, 0.4) is 0 Å². The van der Waals surface area contributed by atoms with Crippen molar-refractivity contribution in [1.82, 2.24) is 5.32 Å². The number of carbonyl (C=O) groups is 1. The normalized spacial score (nSPS) is 15.8. The molecular formula is C15H20N2O3. The first kappa shape index (κ1) is 14.4. The zero-order chi connectivity index (χ0) is 14.4. The Hall–Kier alpha value is -2.04. The Bertz CT molecular complexity index is 512. The highest BCUT2D eigenvalue weighted by atomic mass is 16.5. The molecule has 0 unspecified atom stereocenters. The first-order valence-corrected chi connectivity index (χ1v) is 6.98. The molecular weight excluding hydrogens is 256 g/mol. The third kappa shape index (κ3) is 3.50. The lowest BCUT2D eigenvalue weighted by molar-refractivity contribution is -0.121. The Labute approximate surface area is 118 Å². The van der Waals surface area contributed by atoms with Gasteiger partial charge < -0.3 is 15.3 Å². The zero-order valence-corrected chi connectivity index (χ0v) is 11.7. The molecule has 0 spiro atoms. The van der Waals surface area contributed by atoms with Crippen LogP contribution in [0.2, 0.25) is 0 Å². The summed E-state index contributed by atoms with van der Waals surface area (Å²) in [5.74, 6) is 0.694. The summed E-state index contributed by atoms with van der Waals surface area (Å²) in [7, 11) is 0. The summed E-state index contributed by atoms with van der Waals surface area (Å²) in [6.45, 7) is 2.86. The second-order valence-electron chi connectivity index (χ2n) is 4.77. The van der Waals surface area contributed by atoms with E-state index in [-0.39, 0.29) is 5.91 Å². The number of ether oxygens (including phenoxy) is 1. The average Bonchev–Trinajstić information content (AvgIpc) is 2.47. The molecule has 1 aromatic carbocycles. The van der Waals surface area contributed by atoms with E-state index in [0.717, 1.165) is 24.8 Å².